The van der Waals surface area contributed by atoms with E-state index in [-0.39, 0.29) is 23.7 Å². The minimum atomic E-state index is -0.637. The SMILES string of the molecule is NC(N)=NCCCC(NC(=O)C1NCC2CC21)C(=O)c1nc2ccccc2s1. The van der Waals surface area contributed by atoms with Gasteiger partial charge in [-0.05, 0) is 49.8 Å². The van der Waals surface area contributed by atoms with Crippen molar-refractivity contribution in [1.82, 2.24) is 15.6 Å². The lowest BCUT2D eigenvalue weighted by molar-refractivity contribution is -0.123. The molecule has 2 aromatic rings. The lowest BCUT2D eigenvalue weighted by Crippen LogP contribution is -2.49. The molecule has 2 aliphatic rings. The molecular formula is C19H24N6O2S. The summed E-state index contributed by atoms with van der Waals surface area (Å²) in [7, 11) is 0. The molecule has 6 N–H and O–H groups in total. The molecule has 2 fully saturated rings. The number of carbonyl (C=O) groups is 2. The van der Waals surface area contributed by atoms with Crippen molar-refractivity contribution in [2.45, 2.75) is 31.3 Å². The maximum absolute atomic E-state index is 13.1. The van der Waals surface area contributed by atoms with Gasteiger partial charge >= 0.3 is 0 Å². The lowest BCUT2D eigenvalue weighted by Gasteiger charge is -2.20. The van der Waals surface area contributed by atoms with Crippen LogP contribution in [0, 0.1) is 11.8 Å². The van der Waals surface area contributed by atoms with Crippen LogP contribution in [-0.2, 0) is 4.79 Å². The zero-order chi connectivity index (χ0) is 19.7. The number of piperidine rings is 1. The van der Waals surface area contributed by atoms with Gasteiger partial charge in [-0.2, -0.15) is 0 Å². The van der Waals surface area contributed by atoms with Crippen molar-refractivity contribution in [3.63, 3.8) is 0 Å². The minimum absolute atomic E-state index is 0.0213. The maximum atomic E-state index is 13.1. The van der Waals surface area contributed by atoms with Gasteiger partial charge in [0.1, 0.15) is 0 Å². The highest BCUT2D eigenvalue weighted by atomic mass is 32.1. The van der Waals surface area contributed by atoms with E-state index in [1.54, 1.807) is 0 Å². The molecule has 1 aliphatic carbocycles. The molecule has 0 radical (unpaired) electrons. The fourth-order valence-corrected chi connectivity index (χ4v) is 4.75. The van der Waals surface area contributed by atoms with Crippen molar-refractivity contribution in [1.29, 1.82) is 0 Å². The molecule has 1 amide bonds. The number of para-hydroxylation sites is 1. The average Bonchev–Trinajstić information content (AvgIpc) is 3.13. The number of carbonyl (C=O) groups excluding carboxylic acids is 2. The van der Waals surface area contributed by atoms with E-state index in [0.717, 1.165) is 23.2 Å². The van der Waals surface area contributed by atoms with Crippen LogP contribution in [0.25, 0.3) is 10.2 Å². The minimum Gasteiger partial charge on any atom is -0.370 e. The van der Waals surface area contributed by atoms with Crippen molar-refractivity contribution in [3.05, 3.63) is 29.3 Å². The Morgan fingerprint density at radius 3 is 2.86 bits per heavy atom. The van der Waals surface area contributed by atoms with Crippen molar-refractivity contribution >= 4 is 39.2 Å². The summed E-state index contributed by atoms with van der Waals surface area (Å²) in [4.78, 5) is 34.3. The van der Waals surface area contributed by atoms with E-state index in [4.69, 9.17) is 11.5 Å². The Hall–Kier alpha value is -2.52. The van der Waals surface area contributed by atoms with Crippen LogP contribution in [0.1, 0.15) is 29.1 Å². The Morgan fingerprint density at radius 1 is 1.36 bits per heavy atom. The van der Waals surface area contributed by atoms with Crippen LogP contribution in [-0.4, -0.2) is 47.8 Å². The number of hydrogen-bond acceptors (Lipinski definition) is 6. The third-order valence-corrected chi connectivity index (χ3v) is 6.42. The second-order valence-electron chi connectivity index (χ2n) is 7.41. The van der Waals surface area contributed by atoms with Gasteiger partial charge in [0.25, 0.3) is 0 Å². The summed E-state index contributed by atoms with van der Waals surface area (Å²) in [6.45, 7) is 1.29. The highest BCUT2D eigenvalue weighted by Gasteiger charge is 2.51. The molecule has 4 unspecified atom stereocenters. The number of guanidine groups is 1. The maximum Gasteiger partial charge on any atom is 0.238 e. The number of fused-ring (bicyclic) bond motifs is 2. The number of nitrogens with one attached hydrogen (secondary N) is 2. The summed E-state index contributed by atoms with van der Waals surface area (Å²) in [6, 6.07) is 6.79. The van der Waals surface area contributed by atoms with E-state index >= 15 is 0 Å². The fraction of sp³-hybridized carbons (Fsp3) is 0.474. The number of benzene rings is 1. The summed E-state index contributed by atoms with van der Waals surface area (Å²) in [5.74, 6) is 0.764. The van der Waals surface area contributed by atoms with Gasteiger partial charge in [0.05, 0.1) is 22.3 Å². The van der Waals surface area contributed by atoms with Crippen molar-refractivity contribution in [2.24, 2.45) is 28.3 Å². The van der Waals surface area contributed by atoms with E-state index in [2.05, 4.69) is 20.6 Å². The van der Waals surface area contributed by atoms with E-state index in [0.29, 0.717) is 36.2 Å². The molecular weight excluding hydrogens is 376 g/mol. The molecule has 1 aliphatic heterocycles. The molecule has 8 nitrogen and oxygen atoms in total. The molecule has 1 saturated carbocycles. The highest BCUT2D eigenvalue weighted by molar-refractivity contribution is 7.20. The molecule has 4 atom stereocenters. The van der Waals surface area contributed by atoms with Crippen LogP contribution < -0.4 is 22.1 Å². The van der Waals surface area contributed by atoms with E-state index in [1.807, 2.05) is 24.3 Å². The number of rotatable bonds is 8. The predicted molar refractivity (Wildman–Crippen MR) is 109 cm³/mol. The third kappa shape index (κ3) is 4.00. The van der Waals surface area contributed by atoms with Gasteiger partial charge < -0.3 is 22.1 Å². The van der Waals surface area contributed by atoms with Crippen LogP contribution in [0.5, 0.6) is 0 Å². The Morgan fingerprint density at radius 2 is 2.18 bits per heavy atom. The number of hydrogen-bond donors (Lipinski definition) is 4. The molecule has 1 saturated heterocycles. The first-order chi connectivity index (χ1) is 13.5. The monoisotopic (exact) mass is 400 g/mol. The molecule has 0 bridgehead atoms. The summed E-state index contributed by atoms with van der Waals surface area (Å²) < 4.78 is 0.953. The third-order valence-electron chi connectivity index (χ3n) is 5.37. The van der Waals surface area contributed by atoms with Crippen LogP contribution in [0.4, 0.5) is 0 Å². The zero-order valence-corrected chi connectivity index (χ0v) is 16.2. The summed E-state index contributed by atoms with van der Waals surface area (Å²) in [6.07, 6.45) is 2.13. The van der Waals surface area contributed by atoms with Crippen LogP contribution in [0.15, 0.2) is 29.3 Å². The number of aromatic nitrogens is 1. The number of thiazole rings is 1. The largest absolute Gasteiger partial charge is 0.370 e. The number of ketones is 1. The van der Waals surface area contributed by atoms with Gasteiger partial charge in [0.2, 0.25) is 11.7 Å². The van der Waals surface area contributed by atoms with Gasteiger partial charge in [-0.15, -0.1) is 11.3 Å². The van der Waals surface area contributed by atoms with Gasteiger partial charge in [0.15, 0.2) is 11.0 Å². The summed E-state index contributed by atoms with van der Waals surface area (Å²) in [5.41, 5.74) is 11.5. The zero-order valence-electron chi connectivity index (χ0n) is 15.4. The molecule has 1 aromatic heterocycles. The first-order valence-electron chi connectivity index (χ1n) is 9.52. The number of aliphatic imine (C=N–C) groups is 1. The highest BCUT2D eigenvalue weighted by Crippen LogP contribution is 2.45. The van der Waals surface area contributed by atoms with Crippen LogP contribution in [0.3, 0.4) is 0 Å². The van der Waals surface area contributed by atoms with Crippen LogP contribution >= 0.6 is 11.3 Å². The Kier molecular flexibility index (Phi) is 5.27. The fourth-order valence-electron chi connectivity index (χ4n) is 3.79. The molecule has 28 heavy (non-hydrogen) atoms. The Bertz CT molecular complexity index is 889. The van der Waals surface area contributed by atoms with Crippen molar-refractivity contribution < 1.29 is 9.59 Å². The van der Waals surface area contributed by atoms with E-state index in [1.165, 1.54) is 11.3 Å². The van der Waals surface area contributed by atoms with Gasteiger partial charge in [-0.3, -0.25) is 14.6 Å². The van der Waals surface area contributed by atoms with E-state index < -0.39 is 6.04 Å². The van der Waals surface area contributed by atoms with Crippen molar-refractivity contribution in [3.8, 4) is 0 Å². The number of amides is 1. The Balaban J connectivity index is 1.48. The Labute approximate surface area is 166 Å². The second kappa shape index (κ2) is 7.84. The lowest BCUT2D eigenvalue weighted by atomic mass is 10.1. The molecule has 2 heterocycles. The molecule has 0 spiro atoms. The average molecular weight is 401 g/mol. The second-order valence-corrected chi connectivity index (χ2v) is 8.44. The number of nitrogens with zero attached hydrogens (tertiary/aromatic N) is 2. The first kappa shape index (κ1) is 18.8. The van der Waals surface area contributed by atoms with Gasteiger partial charge in [-0.1, -0.05) is 12.1 Å². The number of nitrogens with two attached hydrogens (primary N) is 2. The molecule has 148 valence electrons. The van der Waals surface area contributed by atoms with Crippen LogP contribution in [0.2, 0.25) is 0 Å². The smallest absolute Gasteiger partial charge is 0.238 e. The summed E-state index contributed by atoms with van der Waals surface area (Å²) in [5, 5.41) is 6.62. The molecule has 1 aromatic carbocycles. The summed E-state index contributed by atoms with van der Waals surface area (Å²) >= 11 is 1.35. The quantitative estimate of drug-likeness (QED) is 0.222. The first-order valence-corrected chi connectivity index (χ1v) is 10.3. The standard InChI is InChI=1S/C19H24N6O2S/c20-19(21)22-7-3-5-13(24-17(27)15-11-8-10(11)9-23-15)16(26)18-25-12-4-1-2-6-14(12)28-18/h1-2,4,6,10-11,13,15,23H,3,5,7-9H2,(H,24,27)(H4,20,21,22). The molecule has 9 heteroatoms. The van der Waals surface area contributed by atoms with Crippen molar-refractivity contribution in [2.75, 3.05) is 13.1 Å². The van der Waals surface area contributed by atoms with E-state index in [9.17, 15) is 9.59 Å². The predicted octanol–water partition coefficient (Wildman–Crippen LogP) is 0.625. The number of Topliss-reactive ketones (excluding diaryl/α,β-unsaturated/α-hetero) is 1. The normalized spacial score (nSPS) is 23.8. The van der Waals surface area contributed by atoms with Gasteiger partial charge in [-0.25, -0.2) is 4.98 Å². The topological polar surface area (TPSA) is 135 Å². The van der Waals surface area contributed by atoms with Gasteiger partial charge in [0, 0.05) is 6.54 Å². The molecule has 4 rings (SSSR count).